The van der Waals surface area contributed by atoms with E-state index in [1.807, 2.05) is 6.20 Å². The zero-order valence-corrected chi connectivity index (χ0v) is 11.6. The first kappa shape index (κ1) is 11.3. The molecule has 4 heteroatoms. The van der Waals surface area contributed by atoms with Gasteiger partial charge in [-0.15, -0.1) is 0 Å². The Kier molecular flexibility index (Phi) is 2.20. The largest absolute Gasteiger partial charge is 0.356 e. The molecule has 0 radical (unpaired) electrons. The zero-order chi connectivity index (χ0) is 13.0. The van der Waals surface area contributed by atoms with Gasteiger partial charge in [0.15, 0.2) is 0 Å². The Balaban J connectivity index is 1.55. The standard InChI is InChI=1S/C15H20N4/c1-10-5-15(6-10)7-11(8-15)19(2)14-12-3-4-16-13(12)17-9-18-14/h3-4,9-11H,5-8H2,1-2H3,(H,16,17,18). The molecule has 0 amide bonds. The van der Waals surface area contributed by atoms with Crippen LogP contribution in [-0.2, 0) is 0 Å². The van der Waals surface area contributed by atoms with Gasteiger partial charge in [0, 0.05) is 19.3 Å². The van der Waals surface area contributed by atoms with Gasteiger partial charge in [-0.05, 0) is 43.1 Å². The summed E-state index contributed by atoms with van der Waals surface area (Å²) in [7, 11) is 2.17. The lowest BCUT2D eigenvalue weighted by Gasteiger charge is -2.59. The molecule has 100 valence electrons. The number of anilines is 1. The van der Waals surface area contributed by atoms with Crippen molar-refractivity contribution in [3.8, 4) is 0 Å². The second-order valence-electron chi connectivity index (χ2n) is 6.62. The SMILES string of the molecule is CC1CC2(C1)CC(N(C)c1ncnc3[nH]ccc13)C2. The van der Waals surface area contributed by atoms with E-state index in [1.54, 1.807) is 6.33 Å². The Bertz CT molecular complexity index is 603. The number of nitrogens with zero attached hydrogens (tertiary/aromatic N) is 3. The predicted octanol–water partition coefficient (Wildman–Crippen LogP) is 2.97. The molecular weight excluding hydrogens is 236 g/mol. The molecule has 2 saturated carbocycles. The number of nitrogens with one attached hydrogen (secondary N) is 1. The van der Waals surface area contributed by atoms with E-state index in [9.17, 15) is 0 Å². The van der Waals surface area contributed by atoms with E-state index in [0.717, 1.165) is 22.8 Å². The molecule has 2 aromatic heterocycles. The third-order valence-electron chi connectivity index (χ3n) is 5.11. The van der Waals surface area contributed by atoms with Gasteiger partial charge in [0.1, 0.15) is 17.8 Å². The van der Waals surface area contributed by atoms with Crippen LogP contribution in [0.1, 0.15) is 32.6 Å². The molecule has 2 fully saturated rings. The third-order valence-corrected chi connectivity index (χ3v) is 5.11. The van der Waals surface area contributed by atoms with E-state index >= 15 is 0 Å². The van der Waals surface area contributed by atoms with Gasteiger partial charge in [-0.25, -0.2) is 9.97 Å². The molecule has 4 nitrogen and oxygen atoms in total. The molecule has 2 aliphatic rings. The molecule has 0 saturated heterocycles. The lowest BCUT2D eigenvalue weighted by atomic mass is 9.50. The second-order valence-corrected chi connectivity index (χ2v) is 6.62. The summed E-state index contributed by atoms with van der Waals surface area (Å²) < 4.78 is 0. The fourth-order valence-electron chi connectivity index (χ4n) is 4.28. The van der Waals surface area contributed by atoms with Crippen molar-refractivity contribution in [3.63, 3.8) is 0 Å². The topological polar surface area (TPSA) is 44.8 Å². The van der Waals surface area contributed by atoms with Gasteiger partial charge in [0.25, 0.3) is 0 Å². The van der Waals surface area contributed by atoms with Crippen LogP contribution >= 0.6 is 0 Å². The van der Waals surface area contributed by atoms with Crippen molar-refractivity contribution in [2.24, 2.45) is 11.3 Å². The number of H-pyrrole nitrogens is 1. The van der Waals surface area contributed by atoms with Gasteiger partial charge in [-0.1, -0.05) is 6.92 Å². The Hall–Kier alpha value is -1.58. The molecule has 0 aliphatic heterocycles. The maximum atomic E-state index is 4.48. The molecule has 1 spiro atoms. The molecule has 2 aromatic rings. The van der Waals surface area contributed by atoms with E-state index in [-0.39, 0.29) is 0 Å². The monoisotopic (exact) mass is 256 g/mol. The van der Waals surface area contributed by atoms with Crippen LogP contribution in [0.25, 0.3) is 11.0 Å². The molecule has 0 atom stereocenters. The van der Waals surface area contributed by atoms with Crippen LogP contribution in [0, 0.1) is 11.3 Å². The van der Waals surface area contributed by atoms with E-state index in [1.165, 1.54) is 25.7 Å². The molecule has 2 heterocycles. The van der Waals surface area contributed by atoms with E-state index in [2.05, 4.69) is 39.9 Å². The molecule has 19 heavy (non-hydrogen) atoms. The van der Waals surface area contributed by atoms with Crippen molar-refractivity contribution in [2.75, 3.05) is 11.9 Å². The summed E-state index contributed by atoms with van der Waals surface area (Å²) in [6.45, 7) is 2.37. The van der Waals surface area contributed by atoms with Gasteiger partial charge < -0.3 is 9.88 Å². The molecule has 4 rings (SSSR count). The highest BCUT2D eigenvalue weighted by Crippen LogP contribution is 2.59. The summed E-state index contributed by atoms with van der Waals surface area (Å²) in [5.74, 6) is 2.01. The first-order valence-electron chi connectivity index (χ1n) is 7.18. The number of fused-ring (bicyclic) bond motifs is 1. The molecule has 2 aliphatic carbocycles. The highest BCUT2D eigenvalue weighted by Gasteiger charge is 2.52. The lowest BCUT2D eigenvalue weighted by Crippen LogP contribution is -2.55. The maximum Gasteiger partial charge on any atom is 0.142 e. The maximum absolute atomic E-state index is 4.48. The number of aromatic nitrogens is 3. The quantitative estimate of drug-likeness (QED) is 0.898. The minimum absolute atomic E-state index is 0.653. The summed E-state index contributed by atoms with van der Waals surface area (Å²) in [4.78, 5) is 14.3. The van der Waals surface area contributed by atoms with Crippen molar-refractivity contribution in [2.45, 2.75) is 38.6 Å². The first-order valence-corrected chi connectivity index (χ1v) is 7.18. The van der Waals surface area contributed by atoms with Crippen molar-refractivity contribution in [1.82, 2.24) is 15.0 Å². The Morgan fingerprint density at radius 3 is 2.79 bits per heavy atom. The van der Waals surface area contributed by atoms with Crippen LogP contribution in [0.4, 0.5) is 5.82 Å². The molecule has 0 aromatic carbocycles. The van der Waals surface area contributed by atoms with Crippen LogP contribution in [0.3, 0.4) is 0 Å². The summed E-state index contributed by atoms with van der Waals surface area (Å²) in [5.41, 5.74) is 1.62. The lowest BCUT2D eigenvalue weighted by molar-refractivity contribution is -0.0326. The second kappa shape index (κ2) is 3.71. The first-order chi connectivity index (χ1) is 9.17. The molecule has 0 unspecified atom stereocenters. The van der Waals surface area contributed by atoms with Crippen LogP contribution in [0.2, 0.25) is 0 Å². The smallest absolute Gasteiger partial charge is 0.142 e. The highest BCUT2D eigenvalue weighted by molar-refractivity contribution is 5.87. The predicted molar refractivity (Wildman–Crippen MR) is 76.1 cm³/mol. The summed E-state index contributed by atoms with van der Waals surface area (Å²) in [5, 5.41) is 1.13. The van der Waals surface area contributed by atoms with Crippen LogP contribution in [0.5, 0.6) is 0 Å². The van der Waals surface area contributed by atoms with Crippen molar-refractivity contribution in [1.29, 1.82) is 0 Å². The van der Waals surface area contributed by atoms with Crippen molar-refractivity contribution < 1.29 is 0 Å². The van der Waals surface area contributed by atoms with E-state index in [0.29, 0.717) is 11.5 Å². The summed E-state index contributed by atoms with van der Waals surface area (Å²) in [6, 6.07) is 2.72. The number of hydrogen-bond acceptors (Lipinski definition) is 3. The van der Waals surface area contributed by atoms with Gasteiger partial charge >= 0.3 is 0 Å². The summed E-state index contributed by atoms with van der Waals surface area (Å²) >= 11 is 0. The minimum atomic E-state index is 0.653. The van der Waals surface area contributed by atoms with E-state index < -0.39 is 0 Å². The van der Waals surface area contributed by atoms with E-state index in [4.69, 9.17) is 0 Å². The Morgan fingerprint density at radius 1 is 1.26 bits per heavy atom. The minimum Gasteiger partial charge on any atom is -0.356 e. The summed E-state index contributed by atoms with van der Waals surface area (Å²) in [6.07, 6.45) is 9.13. The van der Waals surface area contributed by atoms with Gasteiger partial charge in [-0.2, -0.15) is 0 Å². The number of rotatable bonds is 2. The Labute approximate surface area is 113 Å². The van der Waals surface area contributed by atoms with Crippen molar-refractivity contribution in [3.05, 3.63) is 18.6 Å². The molecular formula is C15H20N4. The van der Waals surface area contributed by atoms with Gasteiger partial charge in [-0.3, -0.25) is 0 Å². The van der Waals surface area contributed by atoms with Crippen LogP contribution in [-0.4, -0.2) is 28.0 Å². The third kappa shape index (κ3) is 1.58. The highest BCUT2D eigenvalue weighted by atomic mass is 15.2. The van der Waals surface area contributed by atoms with Gasteiger partial charge in [0.05, 0.1) is 5.39 Å². The average molecular weight is 256 g/mol. The fraction of sp³-hybridized carbons (Fsp3) is 0.600. The number of hydrogen-bond donors (Lipinski definition) is 1. The van der Waals surface area contributed by atoms with Gasteiger partial charge in [0.2, 0.25) is 0 Å². The zero-order valence-electron chi connectivity index (χ0n) is 11.6. The average Bonchev–Trinajstić information content (AvgIpc) is 2.78. The molecule has 1 N–H and O–H groups in total. The van der Waals surface area contributed by atoms with Crippen LogP contribution in [0.15, 0.2) is 18.6 Å². The Morgan fingerprint density at radius 2 is 2.05 bits per heavy atom. The van der Waals surface area contributed by atoms with Crippen molar-refractivity contribution >= 4 is 16.9 Å². The number of aromatic amines is 1. The molecule has 0 bridgehead atoms. The normalized spacial score (nSPS) is 33.2. The van der Waals surface area contributed by atoms with Crippen LogP contribution < -0.4 is 4.90 Å². The fourth-order valence-corrected chi connectivity index (χ4v) is 4.28.